The molecule has 0 radical (unpaired) electrons. The monoisotopic (exact) mass is 1090 g/mol. The molecule has 0 nitrogen and oxygen atoms in total. The summed E-state index contributed by atoms with van der Waals surface area (Å²) >= 11 is 0. The fraction of sp³-hybridized carbons (Fsp3) is 0.0824. The van der Waals surface area contributed by atoms with Gasteiger partial charge in [0.15, 0.2) is 0 Å². The number of hydrogen-bond acceptors (Lipinski definition) is 0. The third-order valence-corrected chi connectivity index (χ3v) is 17.3. The van der Waals surface area contributed by atoms with Crippen LogP contribution in [0.1, 0.15) is 38.9 Å². The van der Waals surface area contributed by atoms with E-state index in [1.165, 1.54) is 170 Å². The van der Waals surface area contributed by atoms with Crippen molar-refractivity contribution in [3.63, 3.8) is 0 Å². The van der Waals surface area contributed by atoms with E-state index >= 15 is 0 Å². The average Bonchev–Trinajstić information content (AvgIpc) is 1.36. The summed E-state index contributed by atoms with van der Waals surface area (Å²) in [5.41, 5.74) is 24.7. The van der Waals surface area contributed by atoms with Crippen molar-refractivity contribution in [2.24, 2.45) is 0 Å². The Morgan fingerprint density at radius 2 is 0.329 bits per heavy atom. The summed E-state index contributed by atoms with van der Waals surface area (Å²) in [6.45, 7) is 15.3. The van der Waals surface area contributed by atoms with E-state index in [-0.39, 0.29) is 0 Å². The van der Waals surface area contributed by atoms with Crippen LogP contribution >= 0.6 is 0 Å². The van der Waals surface area contributed by atoms with Crippen LogP contribution in [-0.2, 0) is 0 Å². The van der Waals surface area contributed by atoms with Crippen molar-refractivity contribution in [3.8, 4) is 66.8 Å². The third kappa shape index (κ3) is 10.3. The van der Waals surface area contributed by atoms with Gasteiger partial charge >= 0.3 is 0 Å². The van der Waals surface area contributed by atoms with Crippen LogP contribution in [0.2, 0.25) is 0 Å². The van der Waals surface area contributed by atoms with Crippen LogP contribution in [-0.4, -0.2) is 0 Å². The summed E-state index contributed by atoms with van der Waals surface area (Å²) in [5.74, 6) is 0. The lowest BCUT2D eigenvalue weighted by molar-refractivity contribution is 1.47. The molecule has 0 unspecified atom stereocenters. The zero-order chi connectivity index (χ0) is 58.1. The maximum Gasteiger partial charge on any atom is -0.00237 e. The molecule has 408 valence electrons. The predicted octanol–water partition coefficient (Wildman–Crippen LogP) is 24.1. The van der Waals surface area contributed by atoms with Crippen LogP contribution in [0.25, 0.3) is 131 Å². The van der Waals surface area contributed by atoms with E-state index in [1.807, 2.05) is 0 Å². The highest BCUT2D eigenvalue weighted by molar-refractivity contribution is 6.25. The van der Waals surface area contributed by atoms with Crippen molar-refractivity contribution in [1.82, 2.24) is 0 Å². The zero-order valence-electron chi connectivity index (χ0n) is 49.6. The van der Waals surface area contributed by atoms with E-state index in [4.69, 9.17) is 0 Å². The molecule has 15 aromatic rings. The second-order valence-electron chi connectivity index (χ2n) is 23.1. The first-order valence-corrected chi connectivity index (χ1v) is 29.8. The number of benzene rings is 15. The molecule has 0 atom stereocenters. The average molecular weight is 1090 g/mol. The van der Waals surface area contributed by atoms with Gasteiger partial charge in [0.1, 0.15) is 0 Å². The fourth-order valence-electron chi connectivity index (χ4n) is 13.1. The van der Waals surface area contributed by atoms with Crippen LogP contribution in [0.5, 0.6) is 0 Å². The summed E-state index contributed by atoms with van der Waals surface area (Å²) in [5, 5.41) is 15.9. The summed E-state index contributed by atoms with van der Waals surface area (Å²) in [6.07, 6.45) is 0. The van der Waals surface area contributed by atoms with E-state index < -0.39 is 0 Å². The minimum Gasteiger partial charge on any atom is -0.0622 e. The van der Waals surface area contributed by atoms with Gasteiger partial charge in [0.25, 0.3) is 0 Å². The highest BCUT2D eigenvalue weighted by Gasteiger charge is 2.21. The molecule has 85 heavy (non-hydrogen) atoms. The lowest BCUT2D eigenvalue weighted by Gasteiger charge is -2.19. The molecular weight excluding hydrogens is 1020 g/mol. The molecule has 0 heterocycles. The van der Waals surface area contributed by atoms with Crippen LogP contribution in [0.3, 0.4) is 0 Å². The van der Waals surface area contributed by atoms with Gasteiger partial charge in [-0.05, 0) is 197 Å². The quantitative estimate of drug-likeness (QED) is 0.146. The summed E-state index contributed by atoms with van der Waals surface area (Å²) in [4.78, 5) is 0. The van der Waals surface area contributed by atoms with E-state index in [0.717, 1.165) is 0 Å². The molecule has 0 heteroatoms. The maximum absolute atomic E-state index is 2.28. The first-order valence-electron chi connectivity index (χ1n) is 29.8. The van der Waals surface area contributed by atoms with Crippen molar-refractivity contribution in [2.45, 2.75) is 48.5 Å². The Labute approximate surface area is 501 Å². The van der Waals surface area contributed by atoms with Crippen molar-refractivity contribution in [3.05, 3.63) is 324 Å². The Morgan fingerprint density at radius 3 is 0.588 bits per heavy atom. The minimum absolute atomic E-state index is 1.27. The van der Waals surface area contributed by atoms with Crippen LogP contribution in [0.15, 0.2) is 285 Å². The van der Waals surface area contributed by atoms with Crippen LogP contribution in [0, 0.1) is 48.5 Å². The molecule has 0 N–H and O–H groups in total. The van der Waals surface area contributed by atoms with Crippen molar-refractivity contribution in [1.29, 1.82) is 0 Å². The van der Waals surface area contributed by atoms with Gasteiger partial charge in [-0.2, -0.15) is 0 Å². The van der Waals surface area contributed by atoms with Gasteiger partial charge in [-0.1, -0.05) is 307 Å². The molecule has 0 aliphatic rings. The summed E-state index contributed by atoms with van der Waals surface area (Å²) in [6, 6.07) is 104. The second-order valence-corrected chi connectivity index (χ2v) is 23.1. The summed E-state index contributed by atoms with van der Waals surface area (Å²) < 4.78 is 0. The smallest absolute Gasteiger partial charge is 0.00237 e. The molecule has 0 aliphatic heterocycles. The molecule has 0 spiro atoms. The molecular formula is C85H68. The topological polar surface area (TPSA) is 0 Å². The molecule has 0 fully saturated rings. The van der Waals surface area contributed by atoms with E-state index in [0.29, 0.717) is 0 Å². The standard InChI is InChI=1S/2C29H24.C27H20/c2*1-19-11-15-22(16-12-19)28-24-8-4-5-9-25(24)29(23-17-13-20(2)14-18-23)27-21(3)7-6-10-26(27)28;1-19-11-10-18-24-25(19)27(21-14-6-3-7-15-21)23-17-9-8-16-22(23)26(24)20-12-4-2-5-13-20/h2*4-18H,1-3H3;2-18H,1H3. The highest BCUT2D eigenvalue weighted by Crippen LogP contribution is 2.48. The van der Waals surface area contributed by atoms with Crippen LogP contribution < -0.4 is 0 Å². The van der Waals surface area contributed by atoms with Gasteiger partial charge in [-0.3, -0.25) is 0 Å². The SMILES string of the molecule is Cc1ccc(-c2c3ccccc3c(-c3ccc(C)cc3)c3c(C)cccc23)cc1.Cc1ccc(-c2c3ccccc3c(-c3ccc(C)cc3)c3c(C)cccc23)cc1.Cc1cccc2c(-c3ccccc3)c3ccccc3c(-c3ccccc3)c12. The van der Waals surface area contributed by atoms with Gasteiger partial charge in [0, 0.05) is 0 Å². The lowest BCUT2D eigenvalue weighted by Crippen LogP contribution is -1.92. The Kier molecular flexibility index (Phi) is 14.8. The van der Waals surface area contributed by atoms with Crippen LogP contribution in [0.4, 0.5) is 0 Å². The second kappa shape index (κ2) is 23.3. The third-order valence-electron chi connectivity index (χ3n) is 17.3. The Balaban J connectivity index is 0.000000119. The Bertz CT molecular complexity index is 4720. The zero-order valence-corrected chi connectivity index (χ0v) is 49.6. The first kappa shape index (κ1) is 54.1. The van der Waals surface area contributed by atoms with Crippen molar-refractivity contribution >= 4 is 64.6 Å². The minimum atomic E-state index is 1.27. The number of rotatable bonds is 6. The van der Waals surface area contributed by atoms with E-state index in [9.17, 15) is 0 Å². The molecule has 0 saturated heterocycles. The number of hydrogen-bond donors (Lipinski definition) is 0. The summed E-state index contributed by atoms with van der Waals surface area (Å²) in [7, 11) is 0. The van der Waals surface area contributed by atoms with Crippen molar-refractivity contribution < 1.29 is 0 Å². The predicted molar refractivity (Wildman–Crippen MR) is 370 cm³/mol. The van der Waals surface area contributed by atoms with E-state index in [2.05, 4.69) is 334 Å². The molecule has 0 aliphatic carbocycles. The first-order chi connectivity index (χ1) is 41.6. The lowest BCUT2D eigenvalue weighted by atomic mass is 9.84. The maximum atomic E-state index is 2.28. The molecule has 0 amide bonds. The largest absolute Gasteiger partial charge is 0.0622 e. The van der Waals surface area contributed by atoms with Gasteiger partial charge in [-0.15, -0.1) is 0 Å². The van der Waals surface area contributed by atoms with Gasteiger partial charge < -0.3 is 0 Å². The van der Waals surface area contributed by atoms with Crippen molar-refractivity contribution in [2.75, 3.05) is 0 Å². The molecule has 15 rings (SSSR count). The number of fused-ring (bicyclic) bond motifs is 6. The highest BCUT2D eigenvalue weighted by atomic mass is 14.2. The normalized spacial score (nSPS) is 11.2. The fourth-order valence-corrected chi connectivity index (χ4v) is 13.1. The Morgan fingerprint density at radius 1 is 0.141 bits per heavy atom. The molecule has 0 bridgehead atoms. The van der Waals surface area contributed by atoms with Gasteiger partial charge in [-0.25, -0.2) is 0 Å². The van der Waals surface area contributed by atoms with Gasteiger partial charge in [0.05, 0.1) is 0 Å². The molecule has 15 aromatic carbocycles. The number of aryl methyl sites for hydroxylation is 7. The Hall–Kier alpha value is -10.1. The van der Waals surface area contributed by atoms with Gasteiger partial charge in [0.2, 0.25) is 0 Å². The molecule has 0 saturated carbocycles. The van der Waals surface area contributed by atoms with E-state index in [1.54, 1.807) is 0 Å². The molecule has 0 aromatic heterocycles.